The van der Waals surface area contributed by atoms with Gasteiger partial charge in [-0.2, -0.15) is 0 Å². The van der Waals surface area contributed by atoms with E-state index in [2.05, 4.69) is 10.6 Å². The number of hydrogen-bond donors (Lipinski definition) is 3. The molecule has 1 unspecified atom stereocenters. The molecule has 0 aliphatic carbocycles. The lowest BCUT2D eigenvalue weighted by Gasteiger charge is -2.04. The molecule has 0 radical (unpaired) electrons. The molecule has 3 N–H and O–H groups in total. The van der Waals surface area contributed by atoms with E-state index in [-0.39, 0.29) is 23.8 Å². The zero-order chi connectivity index (χ0) is 16.1. The molecule has 0 spiro atoms. The first-order chi connectivity index (χ1) is 10.5. The normalized spacial score (nSPS) is 17.7. The first-order valence-electron chi connectivity index (χ1n) is 6.74. The second kappa shape index (κ2) is 6.71. The average molecular weight is 300 g/mol. The van der Waals surface area contributed by atoms with Gasteiger partial charge in [-0.25, -0.2) is 0 Å². The summed E-state index contributed by atoms with van der Waals surface area (Å²) < 4.78 is 0. The lowest BCUT2D eigenvalue weighted by molar-refractivity contribution is -0.124. The second-order valence-corrected chi connectivity index (χ2v) is 4.81. The highest BCUT2D eigenvalue weighted by Gasteiger charge is 2.34. The number of ketones is 1. The van der Waals surface area contributed by atoms with Crippen LogP contribution in [0.2, 0.25) is 0 Å². The summed E-state index contributed by atoms with van der Waals surface area (Å²) in [7, 11) is 0. The highest BCUT2D eigenvalue weighted by molar-refractivity contribution is 6.22. The third-order valence-electron chi connectivity index (χ3n) is 3.12. The van der Waals surface area contributed by atoms with E-state index in [1.54, 1.807) is 12.2 Å². The maximum absolute atomic E-state index is 11.9. The molecule has 1 atom stereocenters. The van der Waals surface area contributed by atoms with Gasteiger partial charge in [0, 0.05) is 6.92 Å². The van der Waals surface area contributed by atoms with Crippen LogP contribution >= 0.6 is 0 Å². The molecule has 6 heteroatoms. The molecule has 22 heavy (non-hydrogen) atoms. The van der Waals surface area contributed by atoms with Gasteiger partial charge in [-0.15, -0.1) is 0 Å². The van der Waals surface area contributed by atoms with Gasteiger partial charge in [0.05, 0.1) is 6.54 Å². The molecule has 0 saturated carbocycles. The Morgan fingerprint density at radius 3 is 2.64 bits per heavy atom. The van der Waals surface area contributed by atoms with Crippen LogP contribution < -0.4 is 10.6 Å². The first-order valence-corrected chi connectivity index (χ1v) is 6.74. The Morgan fingerprint density at radius 2 is 2.00 bits per heavy atom. The summed E-state index contributed by atoms with van der Waals surface area (Å²) in [5.74, 6) is -1.98. The molecule has 1 aromatic carbocycles. The van der Waals surface area contributed by atoms with Crippen molar-refractivity contribution in [3.8, 4) is 0 Å². The summed E-state index contributed by atoms with van der Waals surface area (Å²) >= 11 is 0. The second-order valence-electron chi connectivity index (χ2n) is 4.81. The number of aliphatic hydroxyl groups is 1. The standard InChI is InChI=1S/C16H16N2O4/c1-10(19)17-9-13(20)14-15(21)12(18-16(14)22)8-7-11-5-3-2-4-6-11/h2-8,12,21H,9H2,1H3,(H,17,19)(H,18,22). The molecular formula is C16H16N2O4. The fourth-order valence-electron chi connectivity index (χ4n) is 2.03. The van der Waals surface area contributed by atoms with Crippen molar-refractivity contribution in [2.45, 2.75) is 13.0 Å². The van der Waals surface area contributed by atoms with Crippen LogP contribution in [-0.2, 0) is 14.4 Å². The predicted molar refractivity (Wildman–Crippen MR) is 80.8 cm³/mol. The van der Waals surface area contributed by atoms with Crippen molar-refractivity contribution in [2.75, 3.05) is 6.54 Å². The Kier molecular flexibility index (Phi) is 4.73. The molecule has 114 valence electrons. The highest BCUT2D eigenvalue weighted by atomic mass is 16.3. The van der Waals surface area contributed by atoms with Gasteiger partial charge in [0.15, 0.2) is 5.78 Å². The van der Waals surface area contributed by atoms with Gasteiger partial charge in [0.1, 0.15) is 17.4 Å². The van der Waals surface area contributed by atoms with Crippen LogP contribution in [0.1, 0.15) is 12.5 Å². The van der Waals surface area contributed by atoms with Gasteiger partial charge >= 0.3 is 0 Å². The summed E-state index contributed by atoms with van der Waals surface area (Å²) in [6.07, 6.45) is 3.34. The topological polar surface area (TPSA) is 95.5 Å². The minimum atomic E-state index is -0.746. The largest absolute Gasteiger partial charge is 0.509 e. The summed E-state index contributed by atoms with van der Waals surface area (Å²) in [6.45, 7) is 0.943. The number of carbonyl (C=O) groups is 3. The van der Waals surface area contributed by atoms with Crippen LogP contribution in [0.25, 0.3) is 6.08 Å². The quantitative estimate of drug-likeness (QED) is 0.698. The van der Waals surface area contributed by atoms with Crippen molar-refractivity contribution < 1.29 is 19.5 Å². The van der Waals surface area contributed by atoms with E-state index < -0.39 is 17.7 Å². The van der Waals surface area contributed by atoms with Crippen LogP contribution in [0, 0.1) is 0 Å². The third kappa shape index (κ3) is 3.60. The van der Waals surface area contributed by atoms with Crippen LogP contribution in [0.3, 0.4) is 0 Å². The van der Waals surface area contributed by atoms with Gasteiger partial charge in [0.2, 0.25) is 5.91 Å². The molecule has 2 rings (SSSR count). The minimum absolute atomic E-state index is 0.309. The number of amides is 2. The van der Waals surface area contributed by atoms with Gasteiger partial charge in [-0.1, -0.05) is 42.5 Å². The number of carbonyl (C=O) groups excluding carboxylic acids is 3. The van der Waals surface area contributed by atoms with Crippen molar-refractivity contribution in [3.05, 3.63) is 53.3 Å². The fraction of sp³-hybridized carbons (Fsp3) is 0.188. The Morgan fingerprint density at radius 1 is 1.32 bits per heavy atom. The van der Waals surface area contributed by atoms with Crippen LogP contribution in [0.4, 0.5) is 0 Å². The van der Waals surface area contributed by atoms with Crippen molar-refractivity contribution in [1.82, 2.24) is 10.6 Å². The lowest BCUT2D eigenvalue weighted by Crippen LogP contribution is -2.32. The Bertz CT molecular complexity index is 662. The number of hydrogen-bond acceptors (Lipinski definition) is 4. The molecule has 0 bridgehead atoms. The Hall–Kier alpha value is -2.89. The molecule has 1 heterocycles. The number of benzene rings is 1. The van der Waals surface area contributed by atoms with Crippen molar-refractivity contribution in [3.63, 3.8) is 0 Å². The molecule has 0 aromatic heterocycles. The first kappa shape index (κ1) is 15.5. The van der Waals surface area contributed by atoms with Crippen molar-refractivity contribution >= 4 is 23.7 Å². The van der Waals surface area contributed by atoms with Gasteiger partial charge in [-0.3, -0.25) is 14.4 Å². The summed E-state index contributed by atoms with van der Waals surface area (Å²) in [5.41, 5.74) is 0.596. The Labute approximate surface area is 127 Å². The maximum Gasteiger partial charge on any atom is 0.259 e. The van der Waals surface area contributed by atoms with E-state index >= 15 is 0 Å². The average Bonchev–Trinajstić information content (AvgIpc) is 2.78. The lowest BCUT2D eigenvalue weighted by atomic mass is 10.1. The molecule has 1 aliphatic rings. The monoisotopic (exact) mass is 300 g/mol. The highest BCUT2D eigenvalue weighted by Crippen LogP contribution is 2.17. The zero-order valence-electron chi connectivity index (χ0n) is 12.0. The third-order valence-corrected chi connectivity index (χ3v) is 3.12. The smallest absolute Gasteiger partial charge is 0.259 e. The van der Waals surface area contributed by atoms with E-state index in [4.69, 9.17) is 0 Å². The van der Waals surface area contributed by atoms with E-state index in [1.807, 2.05) is 30.3 Å². The predicted octanol–water partition coefficient (Wildman–Crippen LogP) is 0.715. The molecule has 2 amide bonds. The molecular weight excluding hydrogens is 284 g/mol. The molecule has 6 nitrogen and oxygen atoms in total. The van der Waals surface area contributed by atoms with Crippen LogP contribution in [0.5, 0.6) is 0 Å². The number of aliphatic hydroxyl groups excluding tert-OH is 1. The maximum atomic E-state index is 11.9. The van der Waals surface area contributed by atoms with Crippen LogP contribution in [-0.4, -0.2) is 35.3 Å². The number of Topliss-reactive ketones (excluding diaryl/α,β-unsaturated/α-hetero) is 1. The van der Waals surface area contributed by atoms with Gasteiger partial charge < -0.3 is 15.7 Å². The Balaban J connectivity index is 2.12. The zero-order valence-corrected chi connectivity index (χ0v) is 12.0. The van der Waals surface area contributed by atoms with Crippen LogP contribution in [0.15, 0.2) is 47.7 Å². The SMILES string of the molecule is CC(=O)NCC(=O)C1=C(O)C(C=Cc2ccccc2)NC1=O. The minimum Gasteiger partial charge on any atom is -0.509 e. The van der Waals surface area contributed by atoms with E-state index in [0.717, 1.165) is 5.56 Å². The summed E-state index contributed by atoms with van der Waals surface area (Å²) in [6, 6.07) is 8.61. The molecule has 1 aliphatic heterocycles. The molecule has 0 fully saturated rings. The van der Waals surface area contributed by atoms with Crippen molar-refractivity contribution in [2.24, 2.45) is 0 Å². The summed E-state index contributed by atoms with van der Waals surface area (Å²) in [4.78, 5) is 34.5. The number of rotatable bonds is 5. The van der Waals surface area contributed by atoms with Gasteiger partial charge in [-0.05, 0) is 5.56 Å². The fourth-order valence-corrected chi connectivity index (χ4v) is 2.03. The number of nitrogens with one attached hydrogen (secondary N) is 2. The molecule has 0 saturated heterocycles. The van der Waals surface area contributed by atoms with E-state index in [9.17, 15) is 19.5 Å². The van der Waals surface area contributed by atoms with E-state index in [1.165, 1.54) is 6.92 Å². The van der Waals surface area contributed by atoms with E-state index in [0.29, 0.717) is 0 Å². The molecule has 1 aromatic rings. The summed E-state index contributed by atoms with van der Waals surface area (Å²) in [5, 5.41) is 14.9. The van der Waals surface area contributed by atoms with Crippen molar-refractivity contribution in [1.29, 1.82) is 0 Å². The van der Waals surface area contributed by atoms with Gasteiger partial charge in [0.25, 0.3) is 5.91 Å².